The summed E-state index contributed by atoms with van der Waals surface area (Å²) in [5, 5.41) is 15.0. The Hall–Kier alpha value is -5.00. The number of amides is 5. The molecule has 5 amide bonds. The highest BCUT2D eigenvalue weighted by atomic mass is 16.5. The van der Waals surface area contributed by atoms with E-state index in [9.17, 15) is 24.0 Å². The van der Waals surface area contributed by atoms with Gasteiger partial charge in [-0.3, -0.25) is 24.0 Å². The smallest absolute Gasteiger partial charge is 0.274 e. The van der Waals surface area contributed by atoms with E-state index in [-0.39, 0.29) is 44.1 Å². The molecular formula is C35H42N6O6. The molecule has 12 heteroatoms. The molecule has 248 valence electrons. The van der Waals surface area contributed by atoms with Crippen LogP contribution in [0.1, 0.15) is 66.4 Å². The number of carbonyl (C=O) groups excluding carboxylic acids is 5. The molecule has 1 aromatic heterocycles. The van der Waals surface area contributed by atoms with E-state index in [0.29, 0.717) is 18.1 Å². The normalized spacial score (nSPS) is 22.0. The minimum absolute atomic E-state index is 0.0420. The molecule has 0 unspecified atom stereocenters. The van der Waals surface area contributed by atoms with E-state index in [4.69, 9.17) is 4.52 Å². The standard InChI is InChI=1S/C35H42N6O6/c1-23-32(43)38-29(19-25-12-6-3-7-13-25)34(45)39-28(18-24-10-4-2-5-11-24)33(44)36-16-17-41(31(42)20-26-14-8-9-15-26)22-27-21-30(40-47-27)35(46)37-23/h2-7,10-13,21,23,26,28-29H,8-9,14-20,22H2,1H3,(H,36,44)(H,37,46)(H,38,43)(H,39,45)/t23-,28+,29-/m0/s1. The van der Waals surface area contributed by atoms with Gasteiger partial charge in [0.15, 0.2) is 11.5 Å². The number of benzene rings is 2. The zero-order valence-corrected chi connectivity index (χ0v) is 26.6. The minimum Gasteiger partial charge on any atom is -0.359 e. The van der Waals surface area contributed by atoms with Gasteiger partial charge in [-0.2, -0.15) is 0 Å². The number of nitrogens with zero attached hydrogens (tertiary/aromatic N) is 2. The lowest BCUT2D eigenvalue weighted by Crippen LogP contribution is -2.57. The Bertz CT molecular complexity index is 1540. The van der Waals surface area contributed by atoms with Crippen LogP contribution >= 0.6 is 0 Å². The highest BCUT2D eigenvalue weighted by Crippen LogP contribution is 2.28. The molecule has 47 heavy (non-hydrogen) atoms. The highest BCUT2D eigenvalue weighted by Gasteiger charge is 2.30. The van der Waals surface area contributed by atoms with Crippen LogP contribution in [-0.2, 0) is 38.6 Å². The van der Waals surface area contributed by atoms with Gasteiger partial charge < -0.3 is 30.7 Å². The molecule has 1 fully saturated rings. The molecule has 0 saturated heterocycles. The minimum atomic E-state index is -1.04. The molecule has 2 bridgehead atoms. The van der Waals surface area contributed by atoms with Gasteiger partial charge >= 0.3 is 0 Å². The SMILES string of the molecule is C[C@@H]1NC(=O)c2cc(on2)CN(C(=O)CC2CCCC2)CCNC(=O)[C@@H](Cc2ccccc2)NC(=O)[C@H](Cc2ccccc2)NC1=O. The third-order valence-electron chi connectivity index (χ3n) is 8.68. The van der Waals surface area contributed by atoms with E-state index in [1.54, 1.807) is 4.90 Å². The molecular weight excluding hydrogens is 600 g/mol. The lowest BCUT2D eigenvalue weighted by atomic mass is 10.0. The van der Waals surface area contributed by atoms with E-state index in [0.717, 1.165) is 36.8 Å². The maximum atomic E-state index is 13.8. The summed E-state index contributed by atoms with van der Waals surface area (Å²) < 4.78 is 5.42. The van der Waals surface area contributed by atoms with Crippen LogP contribution in [0.25, 0.3) is 0 Å². The van der Waals surface area contributed by atoms with Crippen molar-refractivity contribution in [3.8, 4) is 0 Å². The molecule has 1 aliphatic heterocycles. The Morgan fingerprint density at radius 3 is 2.06 bits per heavy atom. The van der Waals surface area contributed by atoms with Crippen LogP contribution in [0, 0.1) is 5.92 Å². The Labute approximate surface area is 274 Å². The molecule has 5 rings (SSSR count). The van der Waals surface area contributed by atoms with Gasteiger partial charge in [0.25, 0.3) is 5.91 Å². The van der Waals surface area contributed by atoms with Crippen molar-refractivity contribution in [2.45, 2.75) is 76.5 Å². The van der Waals surface area contributed by atoms with Crippen LogP contribution in [0.15, 0.2) is 71.3 Å². The first-order chi connectivity index (χ1) is 22.7. The lowest BCUT2D eigenvalue weighted by Gasteiger charge is -2.26. The molecule has 2 aliphatic rings. The second kappa shape index (κ2) is 16.0. The van der Waals surface area contributed by atoms with Crippen molar-refractivity contribution in [1.82, 2.24) is 31.3 Å². The van der Waals surface area contributed by atoms with E-state index < -0.39 is 41.8 Å². The number of hydrogen-bond donors (Lipinski definition) is 4. The summed E-state index contributed by atoms with van der Waals surface area (Å²) in [5.74, 6) is -1.66. The second-order valence-electron chi connectivity index (χ2n) is 12.3. The molecule has 2 heterocycles. The monoisotopic (exact) mass is 642 g/mol. The zero-order valence-electron chi connectivity index (χ0n) is 26.6. The molecule has 0 radical (unpaired) electrons. The summed E-state index contributed by atoms with van der Waals surface area (Å²) in [4.78, 5) is 68.7. The van der Waals surface area contributed by atoms with Gasteiger partial charge in [-0.25, -0.2) is 0 Å². The van der Waals surface area contributed by atoms with Gasteiger partial charge in [-0.15, -0.1) is 0 Å². The van der Waals surface area contributed by atoms with Gasteiger partial charge in [-0.05, 0) is 36.8 Å². The molecule has 0 spiro atoms. The number of carbonyl (C=O) groups is 5. The van der Waals surface area contributed by atoms with Crippen molar-refractivity contribution >= 4 is 29.5 Å². The molecule has 1 saturated carbocycles. The van der Waals surface area contributed by atoms with Crippen molar-refractivity contribution in [3.05, 3.63) is 89.3 Å². The Balaban J connectivity index is 1.41. The largest absolute Gasteiger partial charge is 0.359 e. The van der Waals surface area contributed by atoms with Gasteiger partial charge in [0, 0.05) is 38.4 Å². The topological polar surface area (TPSA) is 163 Å². The zero-order chi connectivity index (χ0) is 33.2. The number of hydrogen-bond acceptors (Lipinski definition) is 7. The van der Waals surface area contributed by atoms with E-state index in [1.807, 2.05) is 60.7 Å². The first-order valence-electron chi connectivity index (χ1n) is 16.3. The average molecular weight is 643 g/mol. The summed E-state index contributed by atoms with van der Waals surface area (Å²) in [6, 6.07) is 16.9. The van der Waals surface area contributed by atoms with Crippen LogP contribution < -0.4 is 21.3 Å². The van der Waals surface area contributed by atoms with Crippen LogP contribution in [0.4, 0.5) is 0 Å². The summed E-state index contributed by atoms with van der Waals surface area (Å²) in [6.45, 7) is 1.87. The molecule has 1 aliphatic carbocycles. The number of nitrogens with one attached hydrogen (secondary N) is 4. The maximum Gasteiger partial charge on any atom is 0.274 e. The quantitative estimate of drug-likeness (QED) is 0.321. The van der Waals surface area contributed by atoms with E-state index in [2.05, 4.69) is 26.4 Å². The van der Waals surface area contributed by atoms with Gasteiger partial charge in [0.2, 0.25) is 23.6 Å². The van der Waals surface area contributed by atoms with Gasteiger partial charge in [-0.1, -0.05) is 78.7 Å². The lowest BCUT2D eigenvalue weighted by molar-refractivity contribution is -0.134. The fourth-order valence-corrected chi connectivity index (χ4v) is 6.03. The second-order valence-corrected chi connectivity index (χ2v) is 12.3. The molecule has 12 nitrogen and oxygen atoms in total. The van der Waals surface area contributed by atoms with Crippen LogP contribution in [-0.4, -0.2) is 70.8 Å². The number of fused-ring (bicyclic) bond motifs is 2. The molecule has 2 aromatic carbocycles. The summed E-state index contributed by atoms with van der Waals surface area (Å²) in [7, 11) is 0. The first kappa shape index (κ1) is 33.4. The maximum absolute atomic E-state index is 13.8. The van der Waals surface area contributed by atoms with Crippen LogP contribution in [0.5, 0.6) is 0 Å². The highest BCUT2D eigenvalue weighted by molar-refractivity contribution is 5.97. The van der Waals surface area contributed by atoms with Crippen LogP contribution in [0.3, 0.4) is 0 Å². The average Bonchev–Trinajstić information content (AvgIpc) is 3.76. The molecule has 3 atom stereocenters. The fourth-order valence-electron chi connectivity index (χ4n) is 6.03. The van der Waals surface area contributed by atoms with Crippen molar-refractivity contribution in [3.63, 3.8) is 0 Å². The van der Waals surface area contributed by atoms with Crippen LogP contribution in [0.2, 0.25) is 0 Å². The summed E-state index contributed by atoms with van der Waals surface area (Å²) >= 11 is 0. The predicted octanol–water partition coefficient (Wildman–Crippen LogP) is 2.29. The van der Waals surface area contributed by atoms with Crippen molar-refractivity contribution in [2.24, 2.45) is 5.92 Å². The third-order valence-corrected chi connectivity index (χ3v) is 8.68. The molecule has 3 aromatic rings. The number of rotatable bonds is 6. The van der Waals surface area contributed by atoms with E-state index >= 15 is 0 Å². The van der Waals surface area contributed by atoms with Gasteiger partial charge in [0.1, 0.15) is 18.1 Å². The molecule has 4 N–H and O–H groups in total. The predicted molar refractivity (Wildman–Crippen MR) is 173 cm³/mol. The fraction of sp³-hybridized carbons (Fsp3) is 0.429. The van der Waals surface area contributed by atoms with Crippen molar-refractivity contribution < 1.29 is 28.5 Å². The third kappa shape index (κ3) is 9.50. The van der Waals surface area contributed by atoms with Crippen molar-refractivity contribution in [2.75, 3.05) is 13.1 Å². The summed E-state index contributed by atoms with van der Waals surface area (Å²) in [6.07, 6.45) is 4.96. The summed E-state index contributed by atoms with van der Waals surface area (Å²) in [5.41, 5.74) is 1.59. The first-order valence-corrected chi connectivity index (χ1v) is 16.3. The Morgan fingerprint density at radius 2 is 1.43 bits per heavy atom. The Kier molecular flexibility index (Phi) is 11.4. The van der Waals surface area contributed by atoms with Crippen molar-refractivity contribution in [1.29, 1.82) is 0 Å². The van der Waals surface area contributed by atoms with E-state index in [1.165, 1.54) is 13.0 Å². The van der Waals surface area contributed by atoms with Gasteiger partial charge in [0.05, 0.1) is 6.54 Å². The number of aromatic nitrogens is 1. The Morgan fingerprint density at radius 1 is 0.830 bits per heavy atom.